The molecule has 1 aromatic rings. The van der Waals surface area contributed by atoms with Gasteiger partial charge >= 0.3 is 0 Å². The van der Waals surface area contributed by atoms with Crippen molar-refractivity contribution in [3.8, 4) is 6.07 Å². The maximum Gasteiger partial charge on any atom is 0.143 e. The molecule has 0 atom stereocenters. The Morgan fingerprint density at radius 1 is 1.43 bits per heavy atom. The van der Waals surface area contributed by atoms with Crippen LogP contribution in [0.3, 0.4) is 0 Å². The van der Waals surface area contributed by atoms with Gasteiger partial charge in [0.1, 0.15) is 5.54 Å². The smallest absolute Gasteiger partial charge is 0.143 e. The fourth-order valence-corrected chi connectivity index (χ4v) is 2.36. The van der Waals surface area contributed by atoms with E-state index in [1.54, 1.807) is 11.8 Å². The second-order valence-corrected chi connectivity index (χ2v) is 4.68. The normalized spacial score (nSPS) is 18.0. The van der Waals surface area contributed by atoms with Crippen molar-refractivity contribution < 1.29 is 0 Å². The van der Waals surface area contributed by atoms with E-state index in [2.05, 4.69) is 11.4 Å². The Hall–Kier alpha value is -0.850. The summed E-state index contributed by atoms with van der Waals surface area (Å²) < 4.78 is 0. The highest BCUT2D eigenvalue weighted by atomic mass is 35.5. The minimum atomic E-state index is -0.407. The largest absolute Gasteiger partial charge is 0.365 e. The quantitative estimate of drug-likeness (QED) is 0.839. The number of hydrogen-bond donors (Lipinski definition) is 1. The highest BCUT2D eigenvalue weighted by Gasteiger charge is 2.38. The van der Waals surface area contributed by atoms with E-state index >= 15 is 0 Å². The van der Waals surface area contributed by atoms with Crippen LogP contribution in [0.15, 0.2) is 24.3 Å². The van der Waals surface area contributed by atoms with E-state index in [0.717, 1.165) is 17.2 Å². The fraction of sp³-hybridized carbons (Fsp3) is 0.300. The first-order valence-electron chi connectivity index (χ1n) is 4.27. The zero-order valence-corrected chi connectivity index (χ0v) is 9.03. The Morgan fingerprint density at radius 2 is 2.14 bits per heavy atom. The second-order valence-electron chi connectivity index (χ2n) is 3.29. The van der Waals surface area contributed by atoms with Crippen LogP contribution in [0.5, 0.6) is 0 Å². The number of nitrogens with one attached hydrogen (secondary N) is 1. The van der Waals surface area contributed by atoms with Crippen LogP contribution in [0, 0.1) is 11.3 Å². The first-order chi connectivity index (χ1) is 6.76. The van der Waals surface area contributed by atoms with Crippen molar-refractivity contribution >= 4 is 29.1 Å². The molecule has 0 aromatic heterocycles. The van der Waals surface area contributed by atoms with Crippen molar-refractivity contribution in [3.63, 3.8) is 0 Å². The maximum atomic E-state index is 9.02. The number of anilines is 1. The number of thioether (sulfide) groups is 1. The average Bonchev–Trinajstić information content (AvgIpc) is 2.14. The molecule has 4 heteroatoms. The van der Waals surface area contributed by atoms with Crippen LogP contribution in [-0.4, -0.2) is 17.0 Å². The van der Waals surface area contributed by atoms with E-state index in [9.17, 15) is 0 Å². The SMILES string of the molecule is N#CC1(Nc2ccccc2Cl)CSC1. The van der Waals surface area contributed by atoms with E-state index in [1.165, 1.54) is 0 Å². The van der Waals surface area contributed by atoms with E-state index < -0.39 is 5.54 Å². The number of nitrogens with zero attached hydrogens (tertiary/aromatic N) is 1. The van der Waals surface area contributed by atoms with Gasteiger partial charge in [0.05, 0.1) is 16.8 Å². The molecular formula is C10H9ClN2S. The Balaban J connectivity index is 2.19. The number of rotatable bonds is 2. The third-order valence-electron chi connectivity index (χ3n) is 2.16. The minimum absolute atomic E-state index is 0.407. The van der Waals surface area contributed by atoms with Crippen molar-refractivity contribution in [2.45, 2.75) is 5.54 Å². The summed E-state index contributed by atoms with van der Waals surface area (Å²) in [6.07, 6.45) is 0. The van der Waals surface area contributed by atoms with Crippen molar-refractivity contribution in [2.24, 2.45) is 0 Å². The number of hydrogen-bond acceptors (Lipinski definition) is 3. The summed E-state index contributed by atoms with van der Waals surface area (Å²) in [5, 5.41) is 12.9. The summed E-state index contributed by atoms with van der Waals surface area (Å²) in [5.74, 6) is 1.66. The summed E-state index contributed by atoms with van der Waals surface area (Å²) in [5.41, 5.74) is 0.436. The highest BCUT2D eigenvalue weighted by Crippen LogP contribution is 2.34. The molecule has 72 valence electrons. The highest BCUT2D eigenvalue weighted by molar-refractivity contribution is 8.00. The molecule has 0 aliphatic carbocycles. The van der Waals surface area contributed by atoms with Crippen LogP contribution in [0.25, 0.3) is 0 Å². The molecule has 0 amide bonds. The van der Waals surface area contributed by atoms with E-state index in [0.29, 0.717) is 5.02 Å². The van der Waals surface area contributed by atoms with Crippen LogP contribution < -0.4 is 5.32 Å². The molecule has 1 N–H and O–H groups in total. The first kappa shape index (κ1) is 9.70. The lowest BCUT2D eigenvalue weighted by Crippen LogP contribution is -2.49. The Morgan fingerprint density at radius 3 is 2.64 bits per heavy atom. The van der Waals surface area contributed by atoms with Crippen molar-refractivity contribution in [1.82, 2.24) is 0 Å². The predicted octanol–water partition coefficient (Wildman–Crippen LogP) is 2.76. The summed E-state index contributed by atoms with van der Waals surface area (Å²) in [4.78, 5) is 0. The van der Waals surface area contributed by atoms with Crippen LogP contribution in [-0.2, 0) is 0 Å². The minimum Gasteiger partial charge on any atom is -0.365 e. The number of halogens is 1. The van der Waals surface area contributed by atoms with Crippen molar-refractivity contribution in [2.75, 3.05) is 16.8 Å². The molecule has 0 saturated carbocycles. The molecule has 0 bridgehead atoms. The van der Waals surface area contributed by atoms with E-state index in [4.69, 9.17) is 16.9 Å². The molecule has 0 spiro atoms. The molecular weight excluding hydrogens is 216 g/mol. The Labute approximate surface area is 92.3 Å². The molecule has 0 unspecified atom stereocenters. The third kappa shape index (κ3) is 1.68. The molecule has 1 aliphatic rings. The molecule has 1 fully saturated rings. The lowest BCUT2D eigenvalue weighted by molar-refractivity contribution is 0.716. The van der Waals surface area contributed by atoms with Crippen LogP contribution in [0.1, 0.15) is 0 Å². The molecule has 14 heavy (non-hydrogen) atoms. The van der Waals surface area contributed by atoms with Gasteiger partial charge in [-0.1, -0.05) is 23.7 Å². The lowest BCUT2D eigenvalue weighted by Gasteiger charge is -2.36. The standard InChI is InChI=1S/C10H9ClN2S/c11-8-3-1-2-4-9(8)13-10(5-12)6-14-7-10/h1-4,13H,6-7H2. The summed E-state index contributed by atoms with van der Waals surface area (Å²) in [7, 11) is 0. The van der Waals surface area contributed by atoms with Gasteiger partial charge in [0, 0.05) is 11.5 Å². The topological polar surface area (TPSA) is 35.8 Å². The molecule has 1 heterocycles. The van der Waals surface area contributed by atoms with Gasteiger partial charge in [-0.2, -0.15) is 17.0 Å². The lowest BCUT2D eigenvalue weighted by atomic mass is 10.1. The van der Waals surface area contributed by atoms with Gasteiger partial charge in [0.25, 0.3) is 0 Å². The monoisotopic (exact) mass is 224 g/mol. The van der Waals surface area contributed by atoms with Gasteiger partial charge in [-0.3, -0.25) is 0 Å². The predicted molar refractivity (Wildman–Crippen MR) is 60.7 cm³/mol. The molecule has 1 aliphatic heterocycles. The molecule has 1 aromatic carbocycles. The van der Waals surface area contributed by atoms with Crippen LogP contribution in [0.2, 0.25) is 5.02 Å². The second kappa shape index (κ2) is 3.72. The van der Waals surface area contributed by atoms with Gasteiger partial charge in [0.2, 0.25) is 0 Å². The van der Waals surface area contributed by atoms with Crippen molar-refractivity contribution in [1.29, 1.82) is 5.26 Å². The average molecular weight is 225 g/mol. The number of benzene rings is 1. The fourth-order valence-electron chi connectivity index (χ4n) is 1.29. The van der Waals surface area contributed by atoms with Crippen LogP contribution >= 0.6 is 23.4 Å². The van der Waals surface area contributed by atoms with Crippen molar-refractivity contribution in [3.05, 3.63) is 29.3 Å². The number of nitriles is 1. The zero-order valence-electron chi connectivity index (χ0n) is 7.46. The van der Waals surface area contributed by atoms with Gasteiger partial charge < -0.3 is 5.32 Å². The molecule has 2 rings (SSSR count). The van der Waals surface area contributed by atoms with Gasteiger partial charge in [-0.15, -0.1) is 0 Å². The summed E-state index contributed by atoms with van der Waals surface area (Å²) >= 11 is 7.76. The Bertz CT molecular complexity index is 382. The summed E-state index contributed by atoms with van der Waals surface area (Å²) in [6, 6.07) is 9.80. The van der Waals surface area contributed by atoms with Gasteiger partial charge in [-0.25, -0.2) is 0 Å². The first-order valence-corrected chi connectivity index (χ1v) is 5.81. The van der Waals surface area contributed by atoms with Gasteiger partial charge in [0.15, 0.2) is 0 Å². The molecule has 1 saturated heterocycles. The number of para-hydroxylation sites is 1. The maximum absolute atomic E-state index is 9.02. The molecule has 0 radical (unpaired) electrons. The Kier molecular flexibility index (Phi) is 2.58. The summed E-state index contributed by atoms with van der Waals surface area (Å²) in [6.45, 7) is 0. The zero-order chi connectivity index (χ0) is 10.0. The van der Waals surface area contributed by atoms with E-state index in [-0.39, 0.29) is 0 Å². The van der Waals surface area contributed by atoms with E-state index in [1.807, 2.05) is 24.3 Å². The molecule has 2 nitrogen and oxygen atoms in total. The van der Waals surface area contributed by atoms with Crippen LogP contribution in [0.4, 0.5) is 5.69 Å². The third-order valence-corrected chi connectivity index (χ3v) is 3.88. The van der Waals surface area contributed by atoms with Gasteiger partial charge in [-0.05, 0) is 12.1 Å².